The highest BCUT2D eigenvalue weighted by Crippen LogP contribution is 2.43. The number of rotatable bonds is 2. The van der Waals surface area contributed by atoms with E-state index in [0.717, 1.165) is 19.2 Å². The molecule has 0 aliphatic rings. The summed E-state index contributed by atoms with van der Waals surface area (Å²) in [6, 6.07) is 7.39. The molecule has 0 spiro atoms. The molecule has 0 radical (unpaired) electrons. The zero-order chi connectivity index (χ0) is 12.6. The van der Waals surface area contributed by atoms with Gasteiger partial charge in [-0.25, -0.2) is 0 Å². The zero-order valence-electron chi connectivity index (χ0n) is 8.18. The van der Waals surface area contributed by atoms with Gasteiger partial charge in [0.2, 0.25) is 0 Å². The molecule has 2 aromatic rings. The SMILES string of the molecule is Clc1ccc(Cl)c(C(Br)c2cc(Br)c(Cl)s2)c1. The summed E-state index contributed by atoms with van der Waals surface area (Å²) in [5.41, 5.74) is 0.935. The van der Waals surface area contributed by atoms with Crippen molar-refractivity contribution in [2.75, 3.05) is 0 Å². The number of benzene rings is 1. The molecule has 2 rings (SSSR count). The fourth-order valence-corrected chi connectivity index (χ4v) is 4.41. The van der Waals surface area contributed by atoms with Crippen molar-refractivity contribution in [3.63, 3.8) is 0 Å². The van der Waals surface area contributed by atoms with E-state index in [0.29, 0.717) is 10.0 Å². The van der Waals surface area contributed by atoms with Gasteiger partial charge in [-0.1, -0.05) is 50.7 Å². The number of thiophene rings is 1. The minimum absolute atomic E-state index is 0.0116. The molecule has 0 nitrogen and oxygen atoms in total. The molecule has 0 aliphatic carbocycles. The number of halogens is 5. The van der Waals surface area contributed by atoms with Gasteiger partial charge in [0, 0.05) is 19.4 Å². The summed E-state index contributed by atoms with van der Waals surface area (Å²) in [6.45, 7) is 0. The number of alkyl halides is 1. The summed E-state index contributed by atoms with van der Waals surface area (Å²) in [4.78, 5) is 1.06. The smallest absolute Gasteiger partial charge is 0.107 e. The zero-order valence-corrected chi connectivity index (χ0v) is 14.4. The van der Waals surface area contributed by atoms with Gasteiger partial charge < -0.3 is 0 Å². The Morgan fingerprint density at radius 2 is 1.82 bits per heavy atom. The molecule has 1 heterocycles. The van der Waals surface area contributed by atoms with Crippen LogP contribution in [0.3, 0.4) is 0 Å². The maximum Gasteiger partial charge on any atom is 0.107 e. The lowest BCUT2D eigenvalue weighted by Crippen LogP contribution is -1.90. The van der Waals surface area contributed by atoms with Crippen molar-refractivity contribution in [2.45, 2.75) is 4.83 Å². The van der Waals surface area contributed by atoms with Gasteiger partial charge in [-0.2, -0.15) is 0 Å². The van der Waals surface area contributed by atoms with E-state index in [-0.39, 0.29) is 4.83 Å². The molecular weight excluding hydrogens is 430 g/mol. The van der Waals surface area contributed by atoms with Crippen LogP contribution in [0.25, 0.3) is 0 Å². The molecule has 1 atom stereocenters. The van der Waals surface area contributed by atoms with Crippen LogP contribution < -0.4 is 0 Å². The van der Waals surface area contributed by atoms with Crippen LogP contribution in [0, 0.1) is 0 Å². The van der Waals surface area contributed by atoms with Crippen molar-refractivity contribution in [2.24, 2.45) is 0 Å². The standard InChI is InChI=1S/C11H5Br2Cl3S/c12-7-4-9(17-11(7)16)10(13)6-3-5(14)1-2-8(6)15/h1-4,10H. The van der Waals surface area contributed by atoms with Gasteiger partial charge >= 0.3 is 0 Å². The van der Waals surface area contributed by atoms with Crippen LogP contribution >= 0.6 is 78.0 Å². The second-order valence-corrected chi connectivity index (χ2v) is 7.60. The third-order valence-corrected chi connectivity index (χ3v) is 6.55. The Balaban J connectivity index is 2.42. The fourth-order valence-electron chi connectivity index (χ4n) is 1.35. The average Bonchev–Trinajstić information content (AvgIpc) is 2.62. The molecule has 1 aromatic carbocycles. The molecule has 0 amide bonds. The first-order valence-corrected chi connectivity index (χ1v) is 8.18. The lowest BCUT2D eigenvalue weighted by Gasteiger charge is -2.10. The van der Waals surface area contributed by atoms with Gasteiger partial charge in [0.15, 0.2) is 0 Å². The van der Waals surface area contributed by atoms with Crippen LogP contribution in [-0.4, -0.2) is 0 Å². The van der Waals surface area contributed by atoms with Crippen LogP contribution in [0.1, 0.15) is 15.3 Å². The third-order valence-electron chi connectivity index (χ3n) is 2.15. The van der Waals surface area contributed by atoms with Crippen LogP contribution in [0.2, 0.25) is 14.4 Å². The highest BCUT2D eigenvalue weighted by Gasteiger charge is 2.18. The Hall–Kier alpha value is 0.750. The molecular formula is C11H5Br2Cl3S. The molecule has 90 valence electrons. The van der Waals surface area contributed by atoms with Crippen molar-refractivity contribution >= 4 is 78.0 Å². The fraction of sp³-hybridized carbons (Fsp3) is 0.0909. The maximum atomic E-state index is 6.16. The Kier molecular flexibility index (Phi) is 4.84. The van der Waals surface area contributed by atoms with Gasteiger partial charge in [0.05, 0.1) is 4.83 Å². The van der Waals surface area contributed by atoms with Gasteiger partial charge in [-0.15, -0.1) is 11.3 Å². The molecule has 0 fully saturated rings. The lowest BCUT2D eigenvalue weighted by atomic mass is 10.1. The van der Waals surface area contributed by atoms with Gasteiger partial charge in [-0.05, 0) is 45.8 Å². The summed E-state index contributed by atoms with van der Waals surface area (Å²) < 4.78 is 1.62. The summed E-state index contributed by atoms with van der Waals surface area (Å²) in [5, 5.41) is 1.34. The molecule has 1 unspecified atom stereocenters. The quantitative estimate of drug-likeness (QED) is 0.448. The van der Waals surface area contributed by atoms with Crippen molar-refractivity contribution in [1.29, 1.82) is 0 Å². The maximum absolute atomic E-state index is 6.16. The van der Waals surface area contributed by atoms with Crippen LogP contribution in [-0.2, 0) is 0 Å². The predicted molar refractivity (Wildman–Crippen MR) is 84.3 cm³/mol. The monoisotopic (exact) mass is 432 g/mol. The summed E-state index contributed by atoms with van der Waals surface area (Å²) in [6.07, 6.45) is 0. The van der Waals surface area contributed by atoms with Crippen molar-refractivity contribution in [3.8, 4) is 0 Å². The molecule has 0 saturated carbocycles. The normalized spacial score (nSPS) is 12.8. The van der Waals surface area contributed by atoms with E-state index in [1.807, 2.05) is 12.1 Å². The summed E-state index contributed by atoms with van der Waals surface area (Å²) >= 11 is 26.7. The molecule has 0 N–H and O–H groups in total. The molecule has 0 saturated heterocycles. The molecule has 1 aromatic heterocycles. The second kappa shape index (κ2) is 5.81. The van der Waals surface area contributed by atoms with Crippen LogP contribution in [0.5, 0.6) is 0 Å². The van der Waals surface area contributed by atoms with Crippen LogP contribution in [0.4, 0.5) is 0 Å². The van der Waals surface area contributed by atoms with E-state index in [1.165, 1.54) is 11.3 Å². The second-order valence-electron chi connectivity index (χ2n) is 3.30. The highest BCUT2D eigenvalue weighted by molar-refractivity contribution is 9.10. The molecule has 0 aliphatic heterocycles. The van der Waals surface area contributed by atoms with Crippen LogP contribution in [0.15, 0.2) is 28.7 Å². The summed E-state index contributed by atoms with van der Waals surface area (Å²) in [7, 11) is 0. The number of hydrogen-bond acceptors (Lipinski definition) is 1. The van der Waals surface area contributed by atoms with E-state index in [4.69, 9.17) is 34.8 Å². The predicted octanol–water partition coefficient (Wildman–Crippen LogP) is 6.96. The van der Waals surface area contributed by atoms with Gasteiger partial charge in [-0.3, -0.25) is 0 Å². The minimum Gasteiger partial charge on any atom is -0.126 e. The Bertz CT molecular complexity index is 534. The molecule has 17 heavy (non-hydrogen) atoms. The van der Waals surface area contributed by atoms with E-state index in [2.05, 4.69) is 31.9 Å². The average molecular weight is 435 g/mol. The lowest BCUT2D eigenvalue weighted by molar-refractivity contribution is 1.22. The Morgan fingerprint density at radius 1 is 1.12 bits per heavy atom. The third kappa shape index (κ3) is 3.20. The van der Waals surface area contributed by atoms with E-state index < -0.39 is 0 Å². The Labute approximate surface area is 135 Å². The van der Waals surface area contributed by atoms with Gasteiger partial charge in [0.25, 0.3) is 0 Å². The van der Waals surface area contributed by atoms with E-state index in [9.17, 15) is 0 Å². The van der Waals surface area contributed by atoms with Gasteiger partial charge in [0.1, 0.15) is 4.34 Å². The summed E-state index contributed by atoms with van der Waals surface area (Å²) in [5.74, 6) is 0. The first-order valence-electron chi connectivity index (χ1n) is 4.53. The van der Waals surface area contributed by atoms with E-state index >= 15 is 0 Å². The topological polar surface area (TPSA) is 0 Å². The Morgan fingerprint density at radius 3 is 2.41 bits per heavy atom. The van der Waals surface area contributed by atoms with Crippen molar-refractivity contribution in [1.82, 2.24) is 0 Å². The first-order chi connectivity index (χ1) is 7.99. The largest absolute Gasteiger partial charge is 0.126 e. The van der Waals surface area contributed by atoms with Crippen molar-refractivity contribution in [3.05, 3.63) is 53.6 Å². The van der Waals surface area contributed by atoms with E-state index in [1.54, 1.807) is 12.1 Å². The first kappa shape index (κ1) is 14.2. The molecule has 6 heteroatoms. The molecule has 0 bridgehead atoms. The highest BCUT2D eigenvalue weighted by atomic mass is 79.9. The number of hydrogen-bond donors (Lipinski definition) is 0. The van der Waals surface area contributed by atoms with Crippen molar-refractivity contribution < 1.29 is 0 Å². The minimum atomic E-state index is -0.0116.